The molecule has 116 valence electrons. The highest BCUT2D eigenvalue weighted by atomic mass is 32.2. The second-order valence-electron chi connectivity index (χ2n) is 4.32. The number of Topliss-reactive ketones (excluding diaryl/α,β-unsaturated/α-hetero) is 1. The fraction of sp³-hybridized carbons (Fsp3) is 0.429. The van der Waals surface area contributed by atoms with Crippen molar-refractivity contribution in [3.8, 4) is 0 Å². The highest BCUT2D eigenvalue weighted by Gasteiger charge is 2.25. The average Bonchev–Trinajstić information content (AvgIpc) is 2.45. The minimum absolute atomic E-state index is 0.0404. The van der Waals surface area contributed by atoms with Crippen molar-refractivity contribution in [2.75, 3.05) is 19.7 Å². The van der Waals surface area contributed by atoms with Crippen LogP contribution in [0.2, 0.25) is 0 Å². The largest absolute Gasteiger partial charge is 0.465 e. The van der Waals surface area contributed by atoms with E-state index >= 15 is 0 Å². The van der Waals surface area contributed by atoms with E-state index in [9.17, 15) is 18.0 Å². The van der Waals surface area contributed by atoms with Crippen molar-refractivity contribution in [1.82, 2.24) is 4.31 Å². The van der Waals surface area contributed by atoms with Crippen molar-refractivity contribution in [2.24, 2.45) is 0 Å². The molecule has 0 N–H and O–H groups in total. The number of ether oxygens (including phenoxy) is 1. The van der Waals surface area contributed by atoms with Gasteiger partial charge in [0.2, 0.25) is 10.0 Å². The number of nitrogens with zero attached hydrogens (tertiary/aromatic N) is 1. The normalized spacial score (nSPS) is 11.4. The second kappa shape index (κ2) is 7.33. The number of hydrogen-bond donors (Lipinski definition) is 0. The minimum atomic E-state index is -3.79. The van der Waals surface area contributed by atoms with Gasteiger partial charge in [0, 0.05) is 12.1 Å². The van der Waals surface area contributed by atoms with E-state index in [1.807, 2.05) is 0 Å². The van der Waals surface area contributed by atoms with E-state index in [0.717, 1.165) is 4.31 Å². The van der Waals surface area contributed by atoms with Crippen LogP contribution in [-0.2, 0) is 19.6 Å². The van der Waals surface area contributed by atoms with Gasteiger partial charge in [-0.1, -0.05) is 19.1 Å². The van der Waals surface area contributed by atoms with Crippen molar-refractivity contribution in [2.45, 2.75) is 25.7 Å². The molecule has 0 fully saturated rings. The van der Waals surface area contributed by atoms with Crippen molar-refractivity contribution in [3.05, 3.63) is 29.8 Å². The molecule has 0 amide bonds. The summed E-state index contributed by atoms with van der Waals surface area (Å²) in [5.41, 5.74) is 0.433. The van der Waals surface area contributed by atoms with Crippen LogP contribution in [0.3, 0.4) is 0 Å². The van der Waals surface area contributed by atoms with E-state index in [1.165, 1.54) is 31.2 Å². The molecule has 0 spiro atoms. The average molecular weight is 313 g/mol. The molecule has 0 aromatic heterocycles. The topological polar surface area (TPSA) is 80.8 Å². The molecular weight excluding hydrogens is 294 g/mol. The van der Waals surface area contributed by atoms with E-state index < -0.39 is 16.0 Å². The van der Waals surface area contributed by atoms with Crippen LogP contribution in [-0.4, -0.2) is 44.2 Å². The van der Waals surface area contributed by atoms with E-state index in [2.05, 4.69) is 0 Å². The van der Waals surface area contributed by atoms with Gasteiger partial charge >= 0.3 is 5.97 Å². The van der Waals surface area contributed by atoms with Crippen LogP contribution in [0.25, 0.3) is 0 Å². The summed E-state index contributed by atoms with van der Waals surface area (Å²) < 4.78 is 30.6. The third kappa shape index (κ3) is 4.37. The lowest BCUT2D eigenvalue weighted by Gasteiger charge is -2.19. The van der Waals surface area contributed by atoms with Crippen molar-refractivity contribution < 1.29 is 22.7 Å². The smallest absolute Gasteiger partial charge is 0.321 e. The SMILES string of the molecule is CCOC(=O)CN(CC)S(=O)(=O)c1ccc(C(C)=O)cc1. The maximum atomic E-state index is 12.4. The van der Waals surface area contributed by atoms with Crippen molar-refractivity contribution >= 4 is 21.8 Å². The highest BCUT2D eigenvalue weighted by Crippen LogP contribution is 2.16. The van der Waals surface area contributed by atoms with Crippen LogP contribution in [0.4, 0.5) is 0 Å². The first kappa shape index (κ1) is 17.3. The van der Waals surface area contributed by atoms with Gasteiger partial charge in [0.15, 0.2) is 5.78 Å². The standard InChI is InChI=1S/C14H19NO5S/c1-4-15(10-14(17)20-5-2)21(18,19)13-8-6-12(7-9-13)11(3)16/h6-9H,4-5,10H2,1-3H3. The Bertz CT molecular complexity index is 607. The summed E-state index contributed by atoms with van der Waals surface area (Å²) in [7, 11) is -3.79. The zero-order valence-electron chi connectivity index (χ0n) is 12.3. The lowest BCUT2D eigenvalue weighted by Crippen LogP contribution is -2.36. The van der Waals surface area contributed by atoms with Gasteiger partial charge in [-0.25, -0.2) is 8.42 Å². The molecule has 0 radical (unpaired) electrons. The number of carbonyl (C=O) groups is 2. The van der Waals surface area contributed by atoms with Gasteiger partial charge in [-0.15, -0.1) is 0 Å². The molecule has 21 heavy (non-hydrogen) atoms. The minimum Gasteiger partial charge on any atom is -0.465 e. The van der Waals surface area contributed by atoms with E-state index in [1.54, 1.807) is 13.8 Å². The lowest BCUT2D eigenvalue weighted by molar-refractivity contribution is -0.143. The summed E-state index contributed by atoms with van der Waals surface area (Å²) in [5.74, 6) is -0.735. The molecule has 0 heterocycles. The summed E-state index contributed by atoms with van der Waals surface area (Å²) >= 11 is 0. The monoisotopic (exact) mass is 313 g/mol. The number of rotatable bonds is 7. The lowest BCUT2D eigenvalue weighted by atomic mass is 10.2. The highest BCUT2D eigenvalue weighted by molar-refractivity contribution is 7.89. The van der Waals surface area contributed by atoms with Crippen LogP contribution in [0.1, 0.15) is 31.1 Å². The van der Waals surface area contributed by atoms with Gasteiger partial charge in [0.25, 0.3) is 0 Å². The molecule has 0 aliphatic heterocycles. The molecule has 0 atom stereocenters. The molecular formula is C14H19NO5S. The molecule has 1 rings (SSSR count). The molecule has 0 unspecified atom stereocenters. The van der Waals surface area contributed by atoms with Gasteiger partial charge in [0.05, 0.1) is 11.5 Å². The number of likely N-dealkylation sites (N-methyl/N-ethyl adjacent to an activating group) is 1. The molecule has 0 saturated carbocycles. The van der Waals surface area contributed by atoms with Crippen LogP contribution in [0.15, 0.2) is 29.2 Å². The Hall–Kier alpha value is -1.73. The zero-order valence-corrected chi connectivity index (χ0v) is 13.1. The first-order chi connectivity index (χ1) is 9.82. The number of benzene rings is 1. The number of hydrogen-bond acceptors (Lipinski definition) is 5. The Labute approximate surface area is 124 Å². The van der Waals surface area contributed by atoms with Crippen molar-refractivity contribution in [1.29, 1.82) is 0 Å². The van der Waals surface area contributed by atoms with Crippen molar-refractivity contribution in [3.63, 3.8) is 0 Å². The number of carbonyl (C=O) groups excluding carboxylic acids is 2. The third-order valence-corrected chi connectivity index (χ3v) is 4.80. The quantitative estimate of drug-likeness (QED) is 0.562. The summed E-state index contributed by atoms with van der Waals surface area (Å²) in [6, 6.07) is 5.63. The third-order valence-electron chi connectivity index (χ3n) is 2.86. The second-order valence-corrected chi connectivity index (χ2v) is 6.25. The summed E-state index contributed by atoms with van der Waals surface area (Å²) in [5, 5.41) is 0. The van der Waals surface area contributed by atoms with Gasteiger partial charge in [-0.05, 0) is 26.0 Å². The summed E-state index contributed by atoms with van der Waals surface area (Å²) in [4.78, 5) is 22.7. The maximum Gasteiger partial charge on any atom is 0.321 e. The van der Waals surface area contributed by atoms with Crippen LogP contribution < -0.4 is 0 Å². The summed E-state index contributed by atoms with van der Waals surface area (Å²) in [6.07, 6.45) is 0. The van der Waals surface area contributed by atoms with E-state index in [-0.39, 0.29) is 30.4 Å². The van der Waals surface area contributed by atoms with Crippen LogP contribution in [0, 0.1) is 0 Å². The predicted molar refractivity (Wildman–Crippen MR) is 77.5 cm³/mol. The predicted octanol–water partition coefficient (Wildman–Crippen LogP) is 1.46. The molecule has 7 heteroatoms. The fourth-order valence-electron chi connectivity index (χ4n) is 1.73. The Balaban J connectivity index is 3.01. The zero-order chi connectivity index (χ0) is 16.0. The van der Waals surface area contributed by atoms with E-state index in [0.29, 0.717) is 5.56 Å². The molecule has 0 bridgehead atoms. The first-order valence-corrected chi connectivity index (χ1v) is 8.03. The molecule has 0 saturated heterocycles. The number of esters is 1. The van der Waals surface area contributed by atoms with E-state index in [4.69, 9.17) is 4.74 Å². The summed E-state index contributed by atoms with van der Waals surface area (Å²) in [6.45, 7) is 4.72. The Morgan fingerprint density at radius 1 is 1.14 bits per heavy atom. The molecule has 1 aromatic carbocycles. The Kier molecular flexibility index (Phi) is 6.04. The molecule has 0 aliphatic carbocycles. The van der Waals surface area contributed by atoms with Crippen LogP contribution >= 0.6 is 0 Å². The van der Waals surface area contributed by atoms with Gasteiger partial charge < -0.3 is 4.74 Å². The number of sulfonamides is 1. The Morgan fingerprint density at radius 2 is 1.71 bits per heavy atom. The molecule has 6 nitrogen and oxygen atoms in total. The van der Waals surface area contributed by atoms with Gasteiger partial charge in [0.1, 0.15) is 6.54 Å². The van der Waals surface area contributed by atoms with Crippen LogP contribution in [0.5, 0.6) is 0 Å². The molecule has 0 aliphatic rings. The van der Waals surface area contributed by atoms with Gasteiger partial charge in [-0.2, -0.15) is 4.31 Å². The van der Waals surface area contributed by atoms with Gasteiger partial charge in [-0.3, -0.25) is 9.59 Å². The molecule has 1 aromatic rings. The Morgan fingerprint density at radius 3 is 2.14 bits per heavy atom. The maximum absolute atomic E-state index is 12.4. The fourth-order valence-corrected chi connectivity index (χ4v) is 3.12. The first-order valence-electron chi connectivity index (χ1n) is 6.59. The number of ketones is 1.